The number of benzene rings is 1. The zero-order valence-electron chi connectivity index (χ0n) is 14.1. The molecule has 1 aromatic heterocycles. The van der Waals surface area contributed by atoms with Crippen molar-refractivity contribution >= 4 is 29.7 Å². The van der Waals surface area contributed by atoms with E-state index in [2.05, 4.69) is 27.7 Å². The largest absolute Gasteiger partial charge is 0.340 e. The number of carbonyl (C=O) groups excluding carboxylic acids is 1. The quantitative estimate of drug-likeness (QED) is 0.885. The van der Waals surface area contributed by atoms with Crippen LogP contribution < -0.4 is 5.32 Å². The Balaban J connectivity index is 0.00000182. The molecule has 1 amide bonds. The number of nitrogens with one attached hydrogen (secondary N) is 1. The molecule has 0 radical (unpaired) electrons. The number of halogens is 1. The summed E-state index contributed by atoms with van der Waals surface area (Å²) in [4.78, 5) is 21.5. The number of amides is 1. The molecule has 3 heterocycles. The Morgan fingerprint density at radius 1 is 1.16 bits per heavy atom. The SMILES string of the molecule is Cl.O=C(C1CNC1)N1CCN(Cc2csc(-c3ccccc3)n2)CC1. The van der Waals surface area contributed by atoms with Gasteiger partial charge < -0.3 is 10.2 Å². The van der Waals surface area contributed by atoms with Crippen LogP contribution in [0.1, 0.15) is 5.69 Å². The first kappa shape index (κ1) is 18.3. The second kappa shape index (κ2) is 8.27. The molecule has 2 fully saturated rings. The van der Waals surface area contributed by atoms with Crippen molar-refractivity contribution in [1.82, 2.24) is 20.1 Å². The molecule has 4 rings (SSSR count). The molecule has 0 aliphatic carbocycles. The topological polar surface area (TPSA) is 48.5 Å². The van der Waals surface area contributed by atoms with E-state index in [1.165, 1.54) is 5.56 Å². The maximum atomic E-state index is 12.3. The summed E-state index contributed by atoms with van der Waals surface area (Å²) in [5.74, 6) is 0.539. The molecule has 2 aliphatic rings. The lowest BCUT2D eigenvalue weighted by atomic mass is 10.0. The standard InChI is InChI=1S/C18H22N4OS.ClH/c23-18(15-10-19-11-15)22-8-6-21(7-9-22)12-16-13-24-17(20-16)14-4-2-1-3-5-14;/h1-5,13,15,19H,6-12H2;1H. The summed E-state index contributed by atoms with van der Waals surface area (Å²) in [5.41, 5.74) is 2.31. The summed E-state index contributed by atoms with van der Waals surface area (Å²) >= 11 is 1.70. The van der Waals surface area contributed by atoms with E-state index in [1.807, 2.05) is 23.1 Å². The lowest BCUT2D eigenvalue weighted by Gasteiger charge is -2.38. The first-order valence-corrected chi connectivity index (χ1v) is 9.39. The molecule has 7 heteroatoms. The second-order valence-corrected chi connectivity index (χ2v) is 7.32. The van der Waals surface area contributed by atoms with Crippen LogP contribution in [-0.2, 0) is 11.3 Å². The van der Waals surface area contributed by atoms with Crippen molar-refractivity contribution in [2.75, 3.05) is 39.3 Å². The number of thiazole rings is 1. The van der Waals surface area contributed by atoms with Crippen LogP contribution in [0.2, 0.25) is 0 Å². The van der Waals surface area contributed by atoms with E-state index in [0.29, 0.717) is 5.91 Å². The molecule has 1 aromatic carbocycles. The minimum atomic E-state index is 0. The molecular formula is C18H23ClN4OS. The van der Waals surface area contributed by atoms with Crippen LogP contribution in [0.3, 0.4) is 0 Å². The number of hydrogen-bond donors (Lipinski definition) is 1. The zero-order valence-corrected chi connectivity index (χ0v) is 15.7. The van der Waals surface area contributed by atoms with E-state index in [0.717, 1.165) is 56.5 Å². The van der Waals surface area contributed by atoms with Gasteiger partial charge in [0.1, 0.15) is 5.01 Å². The molecular weight excluding hydrogens is 356 g/mol. The van der Waals surface area contributed by atoms with Gasteiger partial charge in [0, 0.05) is 56.8 Å². The first-order valence-electron chi connectivity index (χ1n) is 8.51. The molecule has 0 saturated carbocycles. The van der Waals surface area contributed by atoms with Gasteiger partial charge in [0.25, 0.3) is 0 Å². The van der Waals surface area contributed by atoms with Crippen molar-refractivity contribution in [3.8, 4) is 10.6 Å². The van der Waals surface area contributed by atoms with E-state index in [4.69, 9.17) is 4.98 Å². The molecule has 134 valence electrons. The summed E-state index contributed by atoms with van der Waals surface area (Å²) in [6, 6.07) is 10.3. The lowest BCUT2D eigenvalue weighted by molar-refractivity contribution is -0.138. The normalized spacial score (nSPS) is 18.5. The fourth-order valence-corrected chi connectivity index (χ4v) is 3.99. The van der Waals surface area contributed by atoms with Gasteiger partial charge in [-0.05, 0) is 0 Å². The summed E-state index contributed by atoms with van der Waals surface area (Å²) in [6.07, 6.45) is 0. The van der Waals surface area contributed by atoms with Crippen molar-refractivity contribution in [2.45, 2.75) is 6.54 Å². The van der Waals surface area contributed by atoms with Crippen LogP contribution in [-0.4, -0.2) is 60.0 Å². The van der Waals surface area contributed by atoms with E-state index in [-0.39, 0.29) is 18.3 Å². The molecule has 2 aliphatic heterocycles. The Bertz CT molecular complexity index is 696. The highest BCUT2D eigenvalue weighted by Crippen LogP contribution is 2.24. The van der Waals surface area contributed by atoms with Gasteiger partial charge in [-0.15, -0.1) is 23.7 Å². The highest BCUT2D eigenvalue weighted by atomic mass is 35.5. The van der Waals surface area contributed by atoms with Crippen molar-refractivity contribution in [3.05, 3.63) is 41.4 Å². The van der Waals surface area contributed by atoms with E-state index >= 15 is 0 Å². The Morgan fingerprint density at radius 3 is 2.52 bits per heavy atom. The number of rotatable bonds is 4. The van der Waals surface area contributed by atoms with Gasteiger partial charge in [-0.25, -0.2) is 4.98 Å². The molecule has 2 saturated heterocycles. The number of carbonyl (C=O) groups is 1. The van der Waals surface area contributed by atoms with Gasteiger partial charge in [0.15, 0.2) is 0 Å². The maximum Gasteiger partial charge on any atom is 0.228 e. The van der Waals surface area contributed by atoms with E-state index in [9.17, 15) is 4.79 Å². The Labute approximate surface area is 158 Å². The van der Waals surface area contributed by atoms with E-state index < -0.39 is 0 Å². The molecule has 0 unspecified atom stereocenters. The van der Waals surface area contributed by atoms with Crippen molar-refractivity contribution in [1.29, 1.82) is 0 Å². The Hall–Kier alpha value is -1.47. The average Bonchev–Trinajstić information content (AvgIpc) is 3.03. The van der Waals surface area contributed by atoms with Gasteiger partial charge in [0.2, 0.25) is 5.91 Å². The highest BCUT2D eigenvalue weighted by Gasteiger charge is 2.31. The second-order valence-electron chi connectivity index (χ2n) is 6.47. The zero-order chi connectivity index (χ0) is 16.4. The van der Waals surface area contributed by atoms with Gasteiger partial charge in [0.05, 0.1) is 11.6 Å². The molecule has 0 atom stereocenters. The molecule has 0 bridgehead atoms. The summed E-state index contributed by atoms with van der Waals surface area (Å²) in [7, 11) is 0. The average molecular weight is 379 g/mol. The van der Waals surface area contributed by atoms with Crippen LogP contribution >= 0.6 is 23.7 Å². The minimum Gasteiger partial charge on any atom is -0.340 e. The first-order chi connectivity index (χ1) is 11.8. The molecule has 1 N–H and O–H groups in total. The Morgan fingerprint density at radius 2 is 1.88 bits per heavy atom. The third-order valence-electron chi connectivity index (χ3n) is 4.77. The molecule has 2 aromatic rings. The van der Waals surface area contributed by atoms with E-state index in [1.54, 1.807) is 11.3 Å². The summed E-state index contributed by atoms with van der Waals surface area (Å²) in [5, 5.41) is 6.41. The lowest BCUT2D eigenvalue weighted by Crippen LogP contribution is -2.56. The van der Waals surface area contributed by atoms with Crippen LogP contribution in [0.4, 0.5) is 0 Å². The van der Waals surface area contributed by atoms with Crippen molar-refractivity contribution in [3.63, 3.8) is 0 Å². The Kier molecular flexibility index (Phi) is 6.06. The highest BCUT2D eigenvalue weighted by molar-refractivity contribution is 7.13. The van der Waals surface area contributed by atoms with Crippen molar-refractivity contribution < 1.29 is 4.79 Å². The molecule has 0 spiro atoms. The number of nitrogens with zero attached hydrogens (tertiary/aromatic N) is 3. The monoisotopic (exact) mass is 378 g/mol. The molecule has 25 heavy (non-hydrogen) atoms. The van der Waals surface area contributed by atoms with Gasteiger partial charge in [-0.1, -0.05) is 30.3 Å². The maximum absolute atomic E-state index is 12.3. The third-order valence-corrected chi connectivity index (χ3v) is 5.71. The summed E-state index contributed by atoms with van der Waals surface area (Å²) in [6.45, 7) is 6.11. The smallest absolute Gasteiger partial charge is 0.228 e. The van der Waals surface area contributed by atoms with Gasteiger partial charge in [-0.3, -0.25) is 9.69 Å². The van der Waals surface area contributed by atoms with Crippen LogP contribution in [0.15, 0.2) is 35.7 Å². The number of aromatic nitrogens is 1. The fourth-order valence-electron chi connectivity index (χ4n) is 3.17. The summed E-state index contributed by atoms with van der Waals surface area (Å²) < 4.78 is 0. The number of hydrogen-bond acceptors (Lipinski definition) is 5. The van der Waals surface area contributed by atoms with Crippen LogP contribution in [0, 0.1) is 5.92 Å². The van der Waals surface area contributed by atoms with Crippen molar-refractivity contribution in [2.24, 2.45) is 5.92 Å². The predicted molar refractivity (Wildman–Crippen MR) is 103 cm³/mol. The van der Waals surface area contributed by atoms with Gasteiger partial charge in [-0.2, -0.15) is 0 Å². The fraction of sp³-hybridized carbons (Fsp3) is 0.444. The predicted octanol–water partition coefficient (Wildman–Crippen LogP) is 2.10. The van der Waals surface area contributed by atoms with Gasteiger partial charge >= 0.3 is 0 Å². The third kappa shape index (κ3) is 4.20. The van der Waals surface area contributed by atoms with Crippen LogP contribution in [0.25, 0.3) is 10.6 Å². The number of piperazine rings is 1. The van der Waals surface area contributed by atoms with Crippen LogP contribution in [0.5, 0.6) is 0 Å². The minimum absolute atomic E-state index is 0. The molecule has 5 nitrogen and oxygen atoms in total.